The van der Waals surface area contributed by atoms with Gasteiger partial charge in [0, 0.05) is 29.0 Å². The number of amides is 2. The number of rotatable bonds is 9. The second-order valence-electron chi connectivity index (χ2n) is 6.88. The van der Waals surface area contributed by atoms with Crippen LogP contribution in [0, 0.1) is 0 Å². The summed E-state index contributed by atoms with van der Waals surface area (Å²) in [6, 6.07) is 14.3. The minimum Gasteiger partial charge on any atom is -0.489 e. The molecule has 0 saturated carbocycles. The van der Waals surface area contributed by atoms with E-state index in [1.54, 1.807) is 30.3 Å². The normalized spacial score (nSPS) is 10.3. The molecule has 28 heavy (non-hydrogen) atoms. The molecular formula is C22H27N3O3. The molecule has 0 radical (unpaired) electrons. The lowest BCUT2D eigenvalue weighted by atomic mass is 10.1. The number of carbonyl (C=O) groups is 2. The molecule has 0 aromatic heterocycles. The Hall–Kier alpha value is -3.28. The molecule has 0 aliphatic carbocycles. The molecule has 148 valence electrons. The van der Waals surface area contributed by atoms with Gasteiger partial charge in [0.05, 0.1) is 6.54 Å². The van der Waals surface area contributed by atoms with Crippen LogP contribution in [0.2, 0.25) is 0 Å². The molecular weight excluding hydrogens is 354 g/mol. The van der Waals surface area contributed by atoms with E-state index in [2.05, 4.69) is 22.5 Å². The van der Waals surface area contributed by atoms with Crippen molar-refractivity contribution < 1.29 is 14.3 Å². The van der Waals surface area contributed by atoms with Crippen LogP contribution in [0.5, 0.6) is 5.75 Å². The summed E-state index contributed by atoms with van der Waals surface area (Å²) in [6.45, 7) is 10.0. The molecule has 2 rings (SSSR count). The smallest absolute Gasteiger partial charge is 0.251 e. The molecule has 3 N–H and O–H groups in total. The number of hydrogen-bond acceptors (Lipinski definition) is 4. The first-order chi connectivity index (χ1) is 13.3. The van der Waals surface area contributed by atoms with Crippen molar-refractivity contribution in [1.29, 1.82) is 0 Å². The van der Waals surface area contributed by atoms with Crippen LogP contribution in [0.4, 0.5) is 11.4 Å². The van der Waals surface area contributed by atoms with E-state index in [0.717, 1.165) is 5.57 Å². The van der Waals surface area contributed by atoms with Gasteiger partial charge in [-0.25, -0.2) is 0 Å². The third kappa shape index (κ3) is 7.15. The monoisotopic (exact) mass is 381 g/mol. The summed E-state index contributed by atoms with van der Waals surface area (Å²) in [4.78, 5) is 24.3. The summed E-state index contributed by atoms with van der Waals surface area (Å²) >= 11 is 0. The van der Waals surface area contributed by atoms with Gasteiger partial charge in [0.1, 0.15) is 12.4 Å². The van der Waals surface area contributed by atoms with Crippen LogP contribution in [0.25, 0.3) is 0 Å². The standard InChI is InChI=1S/C22H27N3O3/c1-15(2)14-28-20-10-6-9-19(12-20)25-21(26)13-23-18-8-5-7-17(11-18)22(27)24-16(3)4/h5-12,16,23H,1,13-14H2,2-4H3,(H,24,27)(H,25,26). The van der Waals surface area contributed by atoms with Gasteiger partial charge in [-0.15, -0.1) is 0 Å². The molecule has 0 unspecified atom stereocenters. The van der Waals surface area contributed by atoms with E-state index < -0.39 is 0 Å². The van der Waals surface area contributed by atoms with Crippen molar-refractivity contribution in [3.05, 3.63) is 66.2 Å². The Labute approximate surface area is 166 Å². The zero-order valence-corrected chi connectivity index (χ0v) is 16.5. The molecule has 0 aliphatic heterocycles. The van der Waals surface area contributed by atoms with E-state index in [9.17, 15) is 9.59 Å². The van der Waals surface area contributed by atoms with E-state index in [0.29, 0.717) is 29.3 Å². The first kappa shape index (κ1) is 21.0. The maximum absolute atomic E-state index is 12.2. The summed E-state index contributed by atoms with van der Waals surface area (Å²) < 4.78 is 5.58. The predicted octanol–water partition coefficient (Wildman–Crippen LogP) is 3.83. The van der Waals surface area contributed by atoms with E-state index in [1.165, 1.54) is 0 Å². The second-order valence-corrected chi connectivity index (χ2v) is 6.88. The van der Waals surface area contributed by atoms with Crippen LogP contribution in [0.3, 0.4) is 0 Å². The van der Waals surface area contributed by atoms with Gasteiger partial charge in [-0.05, 0) is 56.7 Å². The van der Waals surface area contributed by atoms with Crippen molar-refractivity contribution in [3.63, 3.8) is 0 Å². The first-order valence-corrected chi connectivity index (χ1v) is 9.15. The molecule has 2 aromatic rings. The molecule has 2 aromatic carbocycles. The van der Waals surface area contributed by atoms with Crippen molar-refractivity contribution in [1.82, 2.24) is 5.32 Å². The maximum Gasteiger partial charge on any atom is 0.251 e. The van der Waals surface area contributed by atoms with Gasteiger partial charge in [0.25, 0.3) is 5.91 Å². The molecule has 0 bridgehead atoms. The van der Waals surface area contributed by atoms with Crippen molar-refractivity contribution >= 4 is 23.2 Å². The van der Waals surface area contributed by atoms with Crippen molar-refractivity contribution in [3.8, 4) is 5.75 Å². The van der Waals surface area contributed by atoms with Crippen molar-refractivity contribution in [2.24, 2.45) is 0 Å². The van der Waals surface area contributed by atoms with Gasteiger partial charge < -0.3 is 20.7 Å². The van der Waals surface area contributed by atoms with Gasteiger partial charge in [-0.1, -0.05) is 18.7 Å². The van der Waals surface area contributed by atoms with E-state index in [-0.39, 0.29) is 24.4 Å². The Balaban J connectivity index is 1.90. The first-order valence-electron chi connectivity index (χ1n) is 9.15. The Bertz CT molecular complexity index is 846. The highest BCUT2D eigenvalue weighted by atomic mass is 16.5. The van der Waals surface area contributed by atoms with Gasteiger partial charge in [0.2, 0.25) is 5.91 Å². The van der Waals surface area contributed by atoms with Crippen LogP contribution < -0.4 is 20.7 Å². The maximum atomic E-state index is 12.2. The van der Waals surface area contributed by atoms with Gasteiger partial charge in [-0.3, -0.25) is 9.59 Å². The molecule has 0 heterocycles. The summed E-state index contributed by atoms with van der Waals surface area (Å²) in [7, 11) is 0. The Morgan fingerprint density at radius 3 is 2.50 bits per heavy atom. The number of hydrogen-bond donors (Lipinski definition) is 3. The number of benzene rings is 2. The molecule has 6 heteroatoms. The van der Waals surface area contributed by atoms with E-state index in [4.69, 9.17) is 4.74 Å². The minimum atomic E-state index is -0.200. The zero-order chi connectivity index (χ0) is 20.5. The molecule has 0 fully saturated rings. The van der Waals surface area contributed by atoms with E-state index in [1.807, 2.05) is 39.0 Å². The fourth-order valence-electron chi connectivity index (χ4n) is 2.37. The van der Waals surface area contributed by atoms with Crippen LogP contribution in [-0.4, -0.2) is 31.0 Å². The quantitative estimate of drug-likeness (QED) is 0.577. The lowest BCUT2D eigenvalue weighted by molar-refractivity contribution is -0.114. The van der Waals surface area contributed by atoms with E-state index >= 15 is 0 Å². The fraction of sp³-hybridized carbons (Fsp3) is 0.273. The van der Waals surface area contributed by atoms with Crippen LogP contribution in [0.15, 0.2) is 60.7 Å². The number of carbonyl (C=O) groups excluding carboxylic acids is 2. The number of anilines is 2. The Kier molecular flexibility index (Phi) is 7.63. The van der Waals surface area contributed by atoms with Gasteiger partial charge in [0.15, 0.2) is 0 Å². The fourth-order valence-corrected chi connectivity index (χ4v) is 2.37. The highest BCUT2D eigenvalue weighted by molar-refractivity contribution is 5.96. The third-order valence-corrected chi connectivity index (χ3v) is 3.60. The second kappa shape index (κ2) is 10.2. The minimum absolute atomic E-state index is 0.0602. The largest absolute Gasteiger partial charge is 0.489 e. The highest BCUT2D eigenvalue weighted by Gasteiger charge is 2.08. The summed E-state index contributed by atoms with van der Waals surface area (Å²) in [5.41, 5.74) is 2.81. The van der Waals surface area contributed by atoms with Crippen LogP contribution >= 0.6 is 0 Å². The van der Waals surface area contributed by atoms with Crippen LogP contribution in [0.1, 0.15) is 31.1 Å². The molecule has 0 atom stereocenters. The summed E-state index contributed by atoms with van der Waals surface area (Å²) in [5.74, 6) is 0.321. The average molecular weight is 381 g/mol. The Morgan fingerprint density at radius 1 is 1.07 bits per heavy atom. The zero-order valence-electron chi connectivity index (χ0n) is 16.5. The summed E-state index contributed by atoms with van der Waals surface area (Å²) in [6.07, 6.45) is 0. The SMILES string of the molecule is C=C(C)COc1cccc(NC(=O)CNc2cccc(C(=O)NC(C)C)c2)c1. The molecule has 0 aliphatic rings. The van der Waals surface area contributed by atoms with Gasteiger partial charge in [-0.2, -0.15) is 0 Å². The van der Waals surface area contributed by atoms with Crippen molar-refractivity contribution in [2.75, 3.05) is 23.8 Å². The van der Waals surface area contributed by atoms with Crippen LogP contribution in [-0.2, 0) is 4.79 Å². The molecule has 6 nitrogen and oxygen atoms in total. The summed E-state index contributed by atoms with van der Waals surface area (Å²) in [5, 5.41) is 8.70. The predicted molar refractivity (Wildman–Crippen MR) is 113 cm³/mol. The van der Waals surface area contributed by atoms with Gasteiger partial charge >= 0.3 is 0 Å². The lowest BCUT2D eigenvalue weighted by Crippen LogP contribution is -2.30. The lowest BCUT2D eigenvalue weighted by Gasteiger charge is -2.12. The number of ether oxygens (including phenoxy) is 1. The number of nitrogens with one attached hydrogen (secondary N) is 3. The highest BCUT2D eigenvalue weighted by Crippen LogP contribution is 2.18. The topological polar surface area (TPSA) is 79.5 Å². The molecule has 0 spiro atoms. The molecule has 0 saturated heterocycles. The molecule has 2 amide bonds. The third-order valence-electron chi connectivity index (χ3n) is 3.60. The van der Waals surface area contributed by atoms with Crippen molar-refractivity contribution in [2.45, 2.75) is 26.8 Å². The average Bonchev–Trinajstić information content (AvgIpc) is 2.65. The Morgan fingerprint density at radius 2 is 1.79 bits per heavy atom.